The average Bonchev–Trinajstić information content (AvgIpc) is 2.82. The summed E-state index contributed by atoms with van der Waals surface area (Å²) < 4.78 is 1.94. The SMILES string of the molecule is CC(C)[C@@](C)(C#N)NC(=O)[C@@H](C)Sc1nc2cc(Cl)ccc2n1C. The lowest BCUT2D eigenvalue weighted by atomic mass is 9.90. The quantitative estimate of drug-likeness (QED) is 0.820. The van der Waals surface area contributed by atoms with Gasteiger partial charge in [-0.3, -0.25) is 4.79 Å². The van der Waals surface area contributed by atoms with Crippen molar-refractivity contribution in [3.63, 3.8) is 0 Å². The number of carbonyl (C=O) groups excluding carboxylic acids is 1. The summed E-state index contributed by atoms with van der Waals surface area (Å²) in [6, 6.07) is 7.72. The van der Waals surface area contributed by atoms with E-state index >= 15 is 0 Å². The molecule has 1 aromatic carbocycles. The van der Waals surface area contributed by atoms with Gasteiger partial charge in [0.25, 0.3) is 0 Å². The molecule has 0 radical (unpaired) electrons. The number of amides is 1. The molecule has 1 N–H and O–H groups in total. The van der Waals surface area contributed by atoms with Crippen molar-refractivity contribution in [3.05, 3.63) is 23.2 Å². The van der Waals surface area contributed by atoms with Crippen molar-refractivity contribution in [3.8, 4) is 6.07 Å². The largest absolute Gasteiger partial charge is 0.337 e. The summed E-state index contributed by atoms with van der Waals surface area (Å²) in [6.07, 6.45) is 0. The molecule has 1 amide bonds. The fraction of sp³-hybridized carbons (Fsp3) is 0.471. The van der Waals surface area contributed by atoms with Gasteiger partial charge in [-0.1, -0.05) is 37.2 Å². The highest BCUT2D eigenvalue weighted by Gasteiger charge is 2.32. The standard InChI is InChI=1S/C17H21ClN4OS/c1-10(2)17(4,9-19)21-15(23)11(3)24-16-20-13-8-12(18)6-7-14(13)22(16)5/h6-8,10-11H,1-5H3,(H,21,23)/t11-,17-/m1/s1. The molecular formula is C17H21ClN4OS. The molecule has 0 spiro atoms. The van der Waals surface area contributed by atoms with E-state index in [9.17, 15) is 10.1 Å². The molecule has 1 heterocycles. The maximum absolute atomic E-state index is 12.5. The molecule has 0 aliphatic rings. The van der Waals surface area contributed by atoms with E-state index in [-0.39, 0.29) is 17.1 Å². The van der Waals surface area contributed by atoms with Crippen molar-refractivity contribution in [1.82, 2.24) is 14.9 Å². The molecule has 0 fully saturated rings. The van der Waals surface area contributed by atoms with E-state index in [0.29, 0.717) is 5.02 Å². The Hall–Kier alpha value is -1.71. The van der Waals surface area contributed by atoms with Crippen molar-refractivity contribution in [2.45, 2.75) is 43.6 Å². The minimum Gasteiger partial charge on any atom is -0.337 e. The fourth-order valence-electron chi connectivity index (χ4n) is 2.13. The molecule has 0 unspecified atom stereocenters. The molecule has 128 valence electrons. The van der Waals surface area contributed by atoms with Crippen LogP contribution in [0.15, 0.2) is 23.4 Å². The topological polar surface area (TPSA) is 70.7 Å². The summed E-state index contributed by atoms with van der Waals surface area (Å²) in [4.78, 5) is 17.0. The Balaban J connectivity index is 2.18. The molecule has 2 rings (SSSR count). The fourth-order valence-corrected chi connectivity index (χ4v) is 3.18. The van der Waals surface area contributed by atoms with Crippen molar-refractivity contribution in [2.24, 2.45) is 13.0 Å². The third kappa shape index (κ3) is 3.68. The number of nitrogens with one attached hydrogen (secondary N) is 1. The van der Waals surface area contributed by atoms with Crippen LogP contribution in [0.4, 0.5) is 0 Å². The van der Waals surface area contributed by atoms with Gasteiger partial charge in [0, 0.05) is 12.1 Å². The average molecular weight is 365 g/mol. The highest BCUT2D eigenvalue weighted by Crippen LogP contribution is 2.28. The van der Waals surface area contributed by atoms with Crippen molar-refractivity contribution < 1.29 is 4.79 Å². The second kappa shape index (κ2) is 7.04. The molecule has 7 heteroatoms. The van der Waals surface area contributed by atoms with Gasteiger partial charge in [-0.2, -0.15) is 5.26 Å². The Morgan fingerprint density at radius 3 is 2.71 bits per heavy atom. The van der Waals surface area contributed by atoms with E-state index in [1.54, 1.807) is 13.0 Å². The first-order valence-electron chi connectivity index (χ1n) is 7.70. The highest BCUT2D eigenvalue weighted by molar-refractivity contribution is 8.00. The summed E-state index contributed by atoms with van der Waals surface area (Å²) in [5.41, 5.74) is 0.869. The van der Waals surface area contributed by atoms with Gasteiger partial charge in [0.05, 0.1) is 22.4 Å². The summed E-state index contributed by atoms with van der Waals surface area (Å²) in [5, 5.41) is 13.2. The van der Waals surface area contributed by atoms with Gasteiger partial charge in [-0.05, 0) is 38.0 Å². The summed E-state index contributed by atoms with van der Waals surface area (Å²) >= 11 is 7.36. The van der Waals surface area contributed by atoms with Gasteiger partial charge in [0.15, 0.2) is 5.16 Å². The number of nitrogens with zero attached hydrogens (tertiary/aromatic N) is 3. The van der Waals surface area contributed by atoms with Crippen LogP contribution in [-0.4, -0.2) is 26.2 Å². The molecule has 0 saturated heterocycles. The molecule has 2 atom stereocenters. The van der Waals surface area contributed by atoms with Crippen molar-refractivity contribution >= 4 is 40.3 Å². The minimum absolute atomic E-state index is 0.0153. The van der Waals surface area contributed by atoms with E-state index in [0.717, 1.165) is 16.2 Å². The Bertz CT molecular complexity index is 811. The number of rotatable bonds is 5. The van der Waals surface area contributed by atoms with E-state index in [1.165, 1.54) is 11.8 Å². The Morgan fingerprint density at radius 2 is 2.12 bits per heavy atom. The van der Waals surface area contributed by atoms with Gasteiger partial charge >= 0.3 is 0 Å². The van der Waals surface area contributed by atoms with Crippen LogP contribution in [0.2, 0.25) is 5.02 Å². The molecular weight excluding hydrogens is 344 g/mol. The number of aromatic nitrogens is 2. The lowest BCUT2D eigenvalue weighted by Gasteiger charge is -2.28. The van der Waals surface area contributed by atoms with Crippen LogP contribution >= 0.6 is 23.4 Å². The zero-order chi connectivity index (χ0) is 18.1. The highest BCUT2D eigenvalue weighted by atomic mass is 35.5. The summed E-state index contributed by atoms with van der Waals surface area (Å²) in [7, 11) is 1.91. The Kier molecular flexibility index (Phi) is 5.46. The maximum Gasteiger partial charge on any atom is 0.234 e. The zero-order valence-electron chi connectivity index (χ0n) is 14.4. The molecule has 2 aromatic rings. The van der Waals surface area contributed by atoms with Crippen molar-refractivity contribution in [2.75, 3.05) is 0 Å². The molecule has 0 bridgehead atoms. The number of thioether (sulfide) groups is 1. The predicted octanol–water partition coefficient (Wildman–Crippen LogP) is 3.76. The number of imidazole rings is 1. The van der Waals surface area contributed by atoms with E-state index in [2.05, 4.69) is 16.4 Å². The second-order valence-corrected chi connectivity index (χ2v) is 8.05. The van der Waals surface area contributed by atoms with Crippen molar-refractivity contribution in [1.29, 1.82) is 5.26 Å². The number of hydrogen-bond acceptors (Lipinski definition) is 4. The first-order valence-corrected chi connectivity index (χ1v) is 8.95. The lowest BCUT2D eigenvalue weighted by molar-refractivity contribution is -0.121. The van der Waals surface area contributed by atoms with Crippen LogP contribution in [0.3, 0.4) is 0 Å². The minimum atomic E-state index is -0.883. The van der Waals surface area contributed by atoms with Gasteiger partial charge in [-0.25, -0.2) is 4.98 Å². The third-order valence-corrected chi connectivity index (χ3v) is 5.60. The summed E-state index contributed by atoms with van der Waals surface area (Å²) in [5.74, 6) is -0.163. The van der Waals surface area contributed by atoms with Gasteiger partial charge in [-0.15, -0.1) is 0 Å². The number of carbonyl (C=O) groups is 1. The van der Waals surface area contributed by atoms with Crippen LogP contribution in [0.25, 0.3) is 11.0 Å². The van der Waals surface area contributed by atoms with E-state index in [4.69, 9.17) is 11.6 Å². The third-order valence-electron chi connectivity index (χ3n) is 4.22. The van der Waals surface area contributed by atoms with Crippen LogP contribution < -0.4 is 5.32 Å². The summed E-state index contributed by atoms with van der Waals surface area (Å²) in [6.45, 7) is 7.38. The molecule has 0 aliphatic carbocycles. The van der Waals surface area contributed by atoms with Crippen LogP contribution in [0.5, 0.6) is 0 Å². The molecule has 0 saturated carbocycles. The second-order valence-electron chi connectivity index (χ2n) is 6.30. The van der Waals surface area contributed by atoms with Gasteiger partial charge in [0.2, 0.25) is 5.91 Å². The van der Waals surface area contributed by atoms with E-state index < -0.39 is 5.54 Å². The van der Waals surface area contributed by atoms with Crippen LogP contribution in [-0.2, 0) is 11.8 Å². The normalized spacial score (nSPS) is 15.1. The number of fused-ring (bicyclic) bond motifs is 1. The smallest absolute Gasteiger partial charge is 0.234 e. The van der Waals surface area contributed by atoms with Crippen LogP contribution in [0.1, 0.15) is 27.7 Å². The van der Waals surface area contributed by atoms with Gasteiger partial charge < -0.3 is 9.88 Å². The number of hydrogen-bond donors (Lipinski definition) is 1. The zero-order valence-corrected chi connectivity index (χ0v) is 16.0. The van der Waals surface area contributed by atoms with E-state index in [1.807, 2.05) is 44.5 Å². The number of aryl methyl sites for hydroxylation is 1. The first-order chi connectivity index (χ1) is 11.2. The molecule has 24 heavy (non-hydrogen) atoms. The molecule has 5 nitrogen and oxygen atoms in total. The first kappa shape index (κ1) is 18.6. The lowest BCUT2D eigenvalue weighted by Crippen LogP contribution is -2.51. The number of nitriles is 1. The van der Waals surface area contributed by atoms with Gasteiger partial charge in [0.1, 0.15) is 5.54 Å². The van der Waals surface area contributed by atoms with Crippen LogP contribution in [0, 0.1) is 17.2 Å². The predicted molar refractivity (Wildman–Crippen MR) is 98.0 cm³/mol. The Morgan fingerprint density at radius 1 is 1.46 bits per heavy atom. The molecule has 1 aromatic heterocycles. The number of halogens is 1. The monoisotopic (exact) mass is 364 g/mol. The Labute approximate surface area is 151 Å². The molecule has 0 aliphatic heterocycles. The maximum atomic E-state index is 12.5. The number of benzene rings is 1.